The van der Waals surface area contributed by atoms with Crippen LogP contribution in [0.25, 0.3) is 0 Å². The number of nitrogens with one attached hydrogen (secondary N) is 1. The van der Waals surface area contributed by atoms with Crippen LogP contribution in [0.1, 0.15) is 27.7 Å². The first kappa shape index (κ1) is 14.7. The lowest BCUT2D eigenvalue weighted by atomic mass is 10.2. The molecule has 0 radical (unpaired) electrons. The van der Waals surface area contributed by atoms with Crippen LogP contribution in [0.2, 0.25) is 0 Å². The van der Waals surface area contributed by atoms with E-state index in [1.807, 2.05) is 0 Å². The lowest BCUT2D eigenvalue weighted by Gasteiger charge is -2.23. The molecule has 0 saturated carbocycles. The highest BCUT2D eigenvalue weighted by Crippen LogP contribution is 2.15. The lowest BCUT2D eigenvalue weighted by Crippen LogP contribution is -2.39. The van der Waals surface area contributed by atoms with Gasteiger partial charge in [0.2, 0.25) is 5.91 Å². The number of hydrogen-bond acceptors (Lipinski definition) is 5. The van der Waals surface area contributed by atoms with Crippen molar-refractivity contribution in [1.82, 2.24) is 15.3 Å². The van der Waals surface area contributed by atoms with Crippen LogP contribution in [0.5, 0.6) is 0 Å². The lowest BCUT2D eigenvalue weighted by molar-refractivity contribution is -0.122. The van der Waals surface area contributed by atoms with E-state index < -0.39 is 11.7 Å². The maximum Gasteiger partial charge on any atom is 0.411 e. The Bertz CT molecular complexity index is 327. The summed E-state index contributed by atoms with van der Waals surface area (Å²) in [5.74, 6) is -0.167. The van der Waals surface area contributed by atoms with Crippen molar-refractivity contribution in [3.8, 4) is 0 Å². The first-order chi connectivity index (χ1) is 8.19. The molecule has 0 aromatic carbocycles. The number of carbonyl (C=O) groups excluding carboxylic acids is 2. The Labute approximate surface area is 107 Å². The Kier molecular flexibility index (Phi) is 4.53. The molecule has 1 fully saturated rings. The molecule has 7 heteroatoms. The van der Waals surface area contributed by atoms with E-state index in [9.17, 15) is 14.8 Å². The zero-order chi connectivity index (χ0) is 13.9. The van der Waals surface area contributed by atoms with Gasteiger partial charge < -0.3 is 15.3 Å². The Morgan fingerprint density at radius 3 is 2.56 bits per heavy atom. The van der Waals surface area contributed by atoms with Crippen molar-refractivity contribution < 1.29 is 19.5 Å². The average molecular weight is 259 g/mol. The van der Waals surface area contributed by atoms with Gasteiger partial charge in [0.15, 0.2) is 0 Å². The summed E-state index contributed by atoms with van der Waals surface area (Å²) in [5.41, 5.74) is -0.562. The van der Waals surface area contributed by atoms with E-state index in [2.05, 4.69) is 5.32 Å². The minimum absolute atomic E-state index is 0.0825. The number of amides is 2. The monoisotopic (exact) mass is 259 g/mol. The first-order valence-electron chi connectivity index (χ1n) is 5.87. The molecule has 0 aliphatic carbocycles. The van der Waals surface area contributed by atoms with Gasteiger partial charge in [-0.1, -0.05) is 0 Å². The summed E-state index contributed by atoms with van der Waals surface area (Å²) >= 11 is 0. The summed E-state index contributed by atoms with van der Waals surface area (Å²) in [6.45, 7) is 7.46. The molecule has 7 nitrogen and oxygen atoms in total. The quantitative estimate of drug-likeness (QED) is 0.749. The van der Waals surface area contributed by atoms with Crippen molar-refractivity contribution in [2.24, 2.45) is 0 Å². The predicted molar refractivity (Wildman–Crippen MR) is 63.9 cm³/mol. The maximum atomic E-state index is 11.8. The highest BCUT2D eigenvalue weighted by Gasteiger charge is 2.34. The fourth-order valence-corrected chi connectivity index (χ4v) is 1.59. The van der Waals surface area contributed by atoms with Crippen molar-refractivity contribution in [2.75, 3.05) is 19.8 Å². The van der Waals surface area contributed by atoms with E-state index in [0.29, 0.717) is 13.1 Å². The van der Waals surface area contributed by atoms with Crippen LogP contribution in [0.15, 0.2) is 0 Å². The van der Waals surface area contributed by atoms with Crippen molar-refractivity contribution in [3.05, 3.63) is 0 Å². The molecular weight excluding hydrogens is 238 g/mol. The number of hydrogen-bond donors (Lipinski definition) is 2. The fourth-order valence-electron chi connectivity index (χ4n) is 1.59. The highest BCUT2D eigenvalue weighted by molar-refractivity contribution is 5.73. The van der Waals surface area contributed by atoms with E-state index in [1.54, 1.807) is 20.8 Å². The second-order valence-electron chi connectivity index (χ2n) is 5.37. The predicted octanol–water partition coefficient (Wildman–Crippen LogP) is 0.391. The van der Waals surface area contributed by atoms with E-state index in [1.165, 1.54) is 11.8 Å². The topological polar surface area (TPSA) is 82.1 Å². The third-order valence-electron chi connectivity index (χ3n) is 2.41. The molecule has 0 bridgehead atoms. The van der Waals surface area contributed by atoms with Crippen LogP contribution in [-0.2, 0) is 9.53 Å². The van der Waals surface area contributed by atoms with Gasteiger partial charge in [-0.3, -0.25) is 9.69 Å². The second kappa shape index (κ2) is 5.53. The number of rotatable bonds is 2. The van der Waals surface area contributed by atoms with Crippen LogP contribution in [0.4, 0.5) is 4.79 Å². The molecule has 2 N–H and O–H groups in total. The molecule has 1 aliphatic rings. The van der Waals surface area contributed by atoms with Crippen molar-refractivity contribution in [1.29, 1.82) is 0 Å². The molecule has 0 aromatic heterocycles. The Hall–Kier alpha value is -1.34. The molecule has 1 rings (SSSR count). The van der Waals surface area contributed by atoms with E-state index in [0.717, 1.165) is 5.06 Å². The zero-order valence-electron chi connectivity index (χ0n) is 11.3. The normalized spacial score (nSPS) is 20.9. The third kappa shape index (κ3) is 4.50. The molecule has 0 aromatic rings. The van der Waals surface area contributed by atoms with E-state index in [-0.39, 0.29) is 18.6 Å². The van der Waals surface area contributed by atoms with Crippen molar-refractivity contribution in [3.63, 3.8) is 0 Å². The van der Waals surface area contributed by atoms with Gasteiger partial charge in [0, 0.05) is 20.0 Å². The summed E-state index contributed by atoms with van der Waals surface area (Å²) in [6, 6.07) is -0.304. The van der Waals surface area contributed by atoms with E-state index in [4.69, 9.17) is 4.74 Å². The number of nitrogens with zero attached hydrogens (tertiary/aromatic N) is 2. The van der Waals surface area contributed by atoms with Crippen LogP contribution in [-0.4, -0.2) is 58.6 Å². The molecule has 1 atom stereocenters. The summed E-state index contributed by atoms with van der Waals surface area (Å²) < 4.78 is 5.21. The smallest absolute Gasteiger partial charge is 0.411 e. The number of carbonyl (C=O) groups is 2. The summed E-state index contributed by atoms with van der Waals surface area (Å²) in [5, 5.41) is 13.3. The van der Waals surface area contributed by atoms with Crippen LogP contribution >= 0.6 is 0 Å². The van der Waals surface area contributed by atoms with Gasteiger partial charge in [-0.2, -0.15) is 5.06 Å². The second-order valence-corrected chi connectivity index (χ2v) is 5.37. The number of hydroxylamine groups is 2. The number of ether oxygens (including phenoxy) is 1. The summed E-state index contributed by atoms with van der Waals surface area (Å²) in [4.78, 5) is 24.0. The minimum Gasteiger partial charge on any atom is -0.444 e. The van der Waals surface area contributed by atoms with Gasteiger partial charge in [0.1, 0.15) is 12.3 Å². The molecule has 2 amide bonds. The molecule has 1 unspecified atom stereocenters. The van der Waals surface area contributed by atoms with Gasteiger partial charge in [-0.25, -0.2) is 4.79 Å². The summed E-state index contributed by atoms with van der Waals surface area (Å²) in [7, 11) is 0. The molecule has 1 aliphatic heterocycles. The van der Waals surface area contributed by atoms with Gasteiger partial charge in [0.05, 0.1) is 6.04 Å². The van der Waals surface area contributed by atoms with E-state index >= 15 is 0 Å². The largest absolute Gasteiger partial charge is 0.444 e. The zero-order valence-corrected chi connectivity index (χ0v) is 11.3. The Balaban J connectivity index is 2.47. The molecular formula is C11H21N3O4. The summed E-state index contributed by atoms with van der Waals surface area (Å²) in [6.07, 6.45) is -0.466. The molecule has 104 valence electrons. The molecule has 1 heterocycles. The standard InChI is InChI=1S/C11H21N3O4/c1-8(15)12-5-9-6-13(7-14(9)17)10(16)18-11(2,3)4/h9,17H,5-7H2,1-4H3,(H,12,15). The molecule has 18 heavy (non-hydrogen) atoms. The maximum absolute atomic E-state index is 11.8. The molecule has 0 spiro atoms. The van der Waals surface area contributed by atoms with Crippen LogP contribution in [0.3, 0.4) is 0 Å². The van der Waals surface area contributed by atoms with Crippen molar-refractivity contribution >= 4 is 12.0 Å². The van der Waals surface area contributed by atoms with Crippen molar-refractivity contribution in [2.45, 2.75) is 39.3 Å². The molecule has 1 saturated heterocycles. The Morgan fingerprint density at radius 1 is 1.44 bits per heavy atom. The average Bonchev–Trinajstić information content (AvgIpc) is 2.54. The van der Waals surface area contributed by atoms with Gasteiger partial charge >= 0.3 is 6.09 Å². The highest BCUT2D eigenvalue weighted by atomic mass is 16.6. The van der Waals surface area contributed by atoms with Crippen LogP contribution < -0.4 is 5.32 Å². The van der Waals surface area contributed by atoms with Gasteiger partial charge in [-0.05, 0) is 20.8 Å². The fraction of sp³-hybridized carbons (Fsp3) is 0.818. The van der Waals surface area contributed by atoms with Gasteiger partial charge in [0.25, 0.3) is 0 Å². The minimum atomic E-state index is -0.562. The van der Waals surface area contributed by atoms with Crippen LogP contribution in [0, 0.1) is 0 Å². The van der Waals surface area contributed by atoms with Gasteiger partial charge in [-0.15, -0.1) is 0 Å². The SMILES string of the molecule is CC(=O)NCC1CN(C(=O)OC(C)(C)C)CN1O. The first-order valence-corrected chi connectivity index (χ1v) is 5.87. The third-order valence-corrected chi connectivity index (χ3v) is 2.41. The Morgan fingerprint density at radius 2 is 2.06 bits per heavy atom.